The third kappa shape index (κ3) is 3.15. The van der Waals surface area contributed by atoms with Gasteiger partial charge in [-0.15, -0.1) is 0 Å². The molecule has 1 unspecified atom stereocenters. The number of aryl methyl sites for hydroxylation is 2. The van der Waals surface area contributed by atoms with Crippen LogP contribution >= 0.6 is 31.9 Å². The third-order valence-electron chi connectivity index (χ3n) is 2.92. The van der Waals surface area contributed by atoms with Crippen LogP contribution in [0.1, 0.15) is 18.3 Å². The first-order valence-electron chi connectivity index (χ1n) is 6.09. The molecule has 0 bridgehead atoms. The molecule has 4 nitrogen and oxygen atoms in total. The molecule has 0 aliphatic carbocycles. The first kappa shape index (κ1) is 15.7. The normalized spacial score (nSPS) is 12.6. The summed E-state index contributed by atoms with van der Waals surface area (Å²) in [6.45, 7) is 4.70. The van der Waals surface area contributed by atoms with Crippen molar-refractivity contribution in [2.75, 3.05) is 5.73 Å². The Morgan fingerprint density at radius 2 is 2.10 bits per heavy atom. The molecule has 2 aromatic rings. The maximum absolute atomic E-state index is 12.6. The zero-order valence-corrected chi connectivity index (χ0v) is 15.2. The van der Waals surface area contributed by atoms with E-state index in [1.54, 1.807) is 18.2 Å². The molecule has 0 saturated carbocycles. The summed E-state index contributed by atoms with van der Waals surface area (Å²) in [5.74, 6) is 0.414. The summed E-state index contributed by atoms with van der Waals surface area (Å²) in [5, 5.41) is 4.42. The molecular formula is C13H15Br2N3OS. The molecule has 1 aromatic carbocycles. The average molecular weight is 421 g/mol. The number of hydrogen-bond donors (Lipinski definition) is 1. The summed E-state index contributed by atoms with van der Waals surface area (Å²) in [7, 11) is -1.16. The van der Waals surface area contributed by atoms with Gasteiger partial charge in [0.15, 0.2) is 0 Å². The molecule has 0 saturated heterocycles. The molecule has 1 aromatic heterocycles. The zero-order valence-electron chi connectivity index (χ0n) is 11.2. The van der Waals surface area contributed by atoms with Gasteiger partial charge in [0, 0.05) is 16.7 Å². The van der Waals surface area contributed by atoms with Crippen LogP contribution in [-0.2, 0) is 23.1 Å². The molecule has 0 spiro atoms. The van der Waals surface area contributed by atoms with Gasteiger partial charge < -0.3 is 5.73 Å². The Kier molecular flexibility index (Phi) is 5.04. The number of hydrogen-bond acceptors (Lipinski definition) is 3. The molecule has 7 heteroatoms. The van der Waals surface area contributed by atoms with Crippen LogP contribution in [0.5, 0.6) is 0 Å². The lowest BCUT2D eigenvalue weighted by Gasteiger charge is -2.08. The molecule has 2 N–H and O–H groups in total. The van der Waals surface area contributed by atoms with Gasteiger partial charge in [-0.25, -0.2) is 0 Å². The van der Waals surface area contributed by atoms with Crippen molar-refractivity contribution in [3.63, 3.8) is 0 Å². The first-order valence-corrected chi connectivity index (χ1v) is 8.99. The van der Waals surface area contributed by atoms with Gasteiger partial charge >= 0.3 is 0 Å². The molecule has 0 aliphatic rings. The molecule has 0 fully saturated rings. The fourth-order valence-corrected chi connectivity index (χ4v) is 4.65. The Hall–Kier alpha value is -0.660. The van der Waals surface area contributed by atoms with E-state index >= 15 is 0 Å². The van der Waals surface area contributed by atoms with Gasteiger partial charge in [-0.1, -0.05) is 0 Å². The second-order valence-electron chi connectivity index (χ2n) is 4.34. The van der Waals surface area contributed by atoms with Gasteiger partial charge in [-0.05, 0) is 63.9 Å². The van der Waals surface area contributed by atoms with Crippen LogP contribution in [0.4, 0.5) is 5.69 Å². The number of nitrogen functional groups attached to an aromatic ring is 1. The highest BCUT2D eigenvalue weighted by molar-refractivity contribution is 9.10. The zero-order chi connectivity index (χ0) is 14.9. The van der Waals surface area contributed by atoms with Crippen molar-refractivity contribution in [2.24, 2.45) is 0 Å². The third-order valence-corrected chi connectivity index (χ3v) is 6.25. The minimum absolute atomic E-state index is 0.414. The number of rotatable bonds is 4. The Bertz CT molecular complexity index is 670. The predicted octanol–water partition coefficient (Wildman–Crippen LogP) is 3.63. The van der Waals surface area contributed by atoms with E-state index in [9.17, 15) is 4.21 Å². The van der Waals surface area contributed by atoms with Crippen molar-refractivity contribution < 1.29 is 4.21 Å². The largest absolute Gasteiger partial charge is 0.399 e. The maximum atomic E-state index is 12.6. The second kappa shape index (κ2) is 6.41. The van der Waals surface area contributed by atoms with E-state index in [0.29, 0.717) is 11.4 Å². The lowest BCUT2D eigenvalue weighted by molar-refractivity contribution is 0.626. The van der Waals surface area contributed by atoms with Gasteiger partial charge in [0.25, 0.3) is 0 Å². The average Bonchev–Trinajstić information content (AvgIpc) is 2.66. The van der Waals surface area contributed by atoms with Crippen LogP contribution in [0, 0.1) is 6.92 Å². The summed E-state index contributed by atoms with van der Waals surface area (Å²) >= 11 is 6.94. The molecule has 0 radical (unpaired) electrons. The first-order chi connectivity index (χ1) is 9.43. The summed E-state index contributed by atoms with van der Waals surface area (Å²) < 4.78 is 16.1. The van der Waals surface area contributed by atoms with E-state index in [2.05, 4.69) is 37.0 Å². The van der Waals surface area contributed by atoms with Crippen molar-refractivity contribution in [3.05, 3.63) is 38.5 Å². The number of nitrogens with two attached hydrogens (primary N) is 1. The van der Waals surface area contributed by atoms with Crippen LogP contribution < -0.4 is 5.73 Å². The Labute approximate surface area is 137 Å². The van der Waals surface area contributed by atoms with Gasteiger partial charge in [-0.3, -0.25) is 8.89 Å². The SMILES string of the molecule is CCn1nc(C)c(Br)c1CS(=O)c1ccc(N)cc1Br. The number of benzene rings is 1. The van der Waals surface area contributed by atoms with Gasteiger partial charge in [-0.2, -0.15) is 5.10 Å². The lowest BCUT2D eigenvalue weighted by Crippen LogP contribution is -2.07. The monoisotopic (exact) mass is 419 g/mol. The molecule has 2 rings (SSSR count). The van der Waals surface area contributed by atoms with E-state index in [1.807, 2.05) is 18.5 Å². The Morgan fingerprint density at radius 3 is 2.70 bits per heavy atom. The van der Waals surface area contributed by atoms with Crippen molar-refractivity contribution >= 4 is 48.3 Å². The molecule has 0 aliphatic heterocycles. The van der Waals surface area contributed by atoms with E-state index < -0.39 is 10.8 Å². The number of aromatic nitrogens is 2. The van der Waals surface area contributed by atoms with E-state index in [-0.39, 0.29) is 0 Å². The highest BCUT2D eigenvalue weighted by atomic mass is 79.9. The topological polar surface area (TPSA) is 60.9 Å². The highest BCUT2D eigenvalue weighted by Crippen LogP contribution is 2.28. The van der Waals surface area contributed by atoms with Gasteiger partial charge in [0.2, 0.25) is 0 Å². The van der Waals surface area contributed by atoms with E-state index in [1.165, 1.54) is 0 Å². The smallest absolute Gasteiger partial charge is 0.0739 e. The minimum atomic E-state index is -1.16. The van der Waals surface area contributed by atoms with Crippen molar-refractivity contribution in [1.29, 1.82) is 0 Å². The summed E-state index contributed by atoms with van der Waals surface area (Å²) in [6, 6.07) is 5.32. The van der Waals surface area contributed by atoms with Crippen molar-refractivity contribution in [1.82, 2.24) is 9.78 Å². The fraction of sp³-hybridized carbons (Fsp3) is 0.308. The number of anilines is 1. The summed E-state index contributed by atoms with van der Waals surface area (Å²) in [5.41, 5.74) is 8.21. The van der Waals surface area contributed by atoms with Gasteiger partial charge in [0.1, 0.15) is 0 Å². The second-order valence-corrected chi connectivity index (χ2v) is 7.41. The minimum Gasteiger partial charge on any atom is -0.399 e. The number of nitrogens with zero attached hydrogens (tertiary/aromatic N) is 2. The molecule has 0 amide bonds. The van der Waals surface area contributed by atoms with Crippen LogP contribution in [0.2, 0.25) is 0 Å². The standard InChI is InChI=1S/C13H15Br2N3OS/c1-3-18-11(13(15)8(2)17-18)7-20(19)12-5-4-9(16)6-10(12)14/h4-6H,3,7,16H2,1-2H3. The van der Waals surface area contributed by atoms with E-state index in [4.69, 9.17) is 5.73 Å². The number of halogens is 2. The van der Waals surface area contributed by atoms with E-state index in [0.717, 1.165) is 31.8 Å². The molecule has 1 heterocycles. The quantitative estimate of drug-likeness (QED) is 0.768. The van der Waals surface area contributed by atoms with Crippen molar-refractivity contribution in [2.45, 2.75) is 31.0 Å². The molecular weight excluding hydrogens is 406 g/mol. The molecule has 1 atom stereocenters. The fourth-order valence-electron chi connectivity index (χ4n) is 1.91. The lowest BCUT2D eigenvalue weighted by atomic mass is 10.3. The Morgan fingerprint density at radius 1 is 1.40 bits per heavy atom. The molecule has 20 heavy (non-hydrogen) atoms. The summed E-state index contributed by atoms with van der Waals surface area (Å²) in [6.07, 6.45) is 0. The molecule has 108 valence electrons. The highest BCUT2D eigenvalue weighted by Gasteiger charge is 2.17. The predicted molar refractivity (Wildman–Crippen MR) is 89.0 cm³/mol. The van der Waals surface area contributed by atoms with Crippen LogP contribution in [-0.4, -0.2) is 14.0 Å². The van der Waals surface area contributed by atoms with Crippen LogP contribution in [0.15, 0.2) is 32.0 Å². The summed E-state index contributed by atoms with van der Waals surface area (Å²) in [4.78, 5) is 0.743. The van der Waals surface area contributed by atoms with Gasteiger partial charge in [0.05, 0.1) is 37.3 Å². The Balaban J connectivity index is 2.32. The van der Waals surface area contributed by atoms with Crippen LogP contribution in [0.3, 0.4) is 0 Å². The maximum Gasteiger partial charge on any atom is 0.0739 e. The van der Waals surface area contributed by atoms with Crippen LogP contribution in [0.25, 0.3) is 0 Å². The van der Waals surface area contributed by atoms with Crippen molar-refractivity contribution in [3.8, 4) is 0 Å².